The number of nitrogens with zero attached hydrogens (tertiary/aromatic N) is 3. The monoisotopic (exact) mass is 532 g/mol. The zero-order valence-electron chi connectivity index (χ0n) is 20.1. The number of aromatic nitrogens is 2. The topological polar surface area (TPSA) is 114 Å². The zero-order valence-corrected chi connectivity index (χ0v) is 21.7. The minimum atomic E-state index is -1.07. The van der Waals surface area contributed by atoms with Crippen molar-refractivity contribution in [1.82, 2.24) is 15.0 Å². The first-order valence-corrected chi connectivity index (χ1v) is 13.6. The third-order valence-electron chi connectivity index (χ3n) is 6.17. The number of nitrogens with one attached hydrogen (secondary N) is 1. The van der Waals surface area contributed by atoms with E-state index < -0.39 is 11.9 Å². The molecule has 8 nitrogen and oxygen atoms in total. The molecule has 0 fully saturated rings. The highest BCUT2D eigenvalue weighted by atomic mass is 32.2. The van der Waals surface area contributed by atoms with Crippen molar-refractivity contribution >= 4 is 51.4 Å². The lowest BCUT2D eigenvalue weighted by atomic mass is 9.97. The molecule has 1 aliphatic rings. The predicted molar refractivity (Wildman–Crippen MR) is 146 cm³/mol. The van der Waals surface area contributed by atoms with E-state index in [0.29, 0.717) is 26.6 Å². The number of carboxylic acid groups (broad SMARTS) is 1. The Bertz CT molecular complexity index is 1590. The molecule has 0 atom stereocenters. The summed E-state index contributed by atoms with van der Waals surface area (Å²) >= 11 is 2.74. The van der Waals surface area contributed by atoms with Crippen molar-refractivity contribution in [3.8, 4) is 5.69 Å². The second kappa shape index (κ2) is 10.7. The number of hydrazone groups is 1. The molecule has 2 aromatic heterocycles. The summed E-state index contributed by atoms with van der Waals surface area (Å²) in [5.74, 6) is -1.49. The van der Waals surface area contributed by atoms with Crippen LogP contribution in [0.25, 0.3) is 15.9 Å². The molecular weight excluding hydrogens is 508 g/mol. The van der Waals surface area contributed by atoms with Gasteiger partial charge in [-0.2, -0.15) is 5.10 Å². The highest BCUT2D eigenvalue weighted by molar-refractivity contribution is 7.99. The second-order valence-electron chi connectivity index (χ2n) is 8.74. The van der Waals surface area contributed by atoms with Gasteiger partial charge in [-0.05, 0) is 56.4 Å². The lowest BCUT2D eigenvalue weighted by Crippen LogP contribution is -2.24. The van der Waals surface area contributed by atoms with E-state index >= 15 is 0 Å². The van der Waals surface area contributed by atoms with Crippen LogP contribution in [0.3, 0.4) is 0 Å². The van der Waals surface area contributed by atoms with Crippen LogP contribution in [0.15, 0.2) is 63.6 Å². The summed E-state index contributed by atoms with van der Waals surface area (Å²) in [5.41, 5.74) is 5.69. The van der Waals surface area contributed by atoms with Crippen LogP contribution in [0, 0.1) is 6.92 Å². The number of hydrogen-bond donors (Lipinski definition) is 2. The molecule has 188 valence electrons. The second-order valence-corrected chi connectivity index (χ2v) is 10.8. The molecule has 2 aromatic carbocycles. The number of thioether (sulfide) groups is 1. The fourth-order valence-corrected chi connectivity index (χ4v) is 6.45. The maximum Gasteiger partial charge on any atom is 0.336 e. The summed E-state index contributed by atoms with van der Waals surface area (Å²) < 4.78 is 1.59. The van der Waals surface area contributed by atoms with E-state index in [1.54, 1.807) is 34.1 Å². The van der Waals surface area contributed by atoms with Gasteiger partial charge in [0, 0.05) is 10.4 Å². The molecule has 10 heteroatoms. The molecule has 0 bridgehead atoms. The number of rotatable bonds is 7. The van der Waals surface area contributed by atoms with Crippen LogP contribution < -0.4 is 11.0 Å². The summed E-state index contributed by atoms with van der Waals surface area (Å²) in [6.07, 6.45) is 5.34. The molecular formula is C27H24N4O4S2. The van der Waals surface area contributed by atoms with Gasteiger partial charge in [0.25, 0.3) is 11.5 Å². The van der Waals surface area contributed by atoms with Crippen molar-refractivity contribution < 1.29 is 14.7 Å². The molecule has 2 N–H and O–H groups in total. The summed E-state index contributed by atoms with van der Waals surface area (Å²) in [4.78, 5) is 44.4. The molecule has 5 rings (SSSR count). The number of amides is 1. The van der Waals surface area contributed by atoms with E-state index in [-0.39, 0.29) is 16.9 Å². The summed E-state index contributed by atoms with van der Waals surface area (Å²) in [7, 11) is 0. The van der Waals surface area contributed by atoms with Gasteiger partial charge in [0.15, 0.2) is 5.16 Å². The molecule has 2 heterocycles. The van der Waals surface area contributed by atoms with Crippen molar-refractivity contribution in [2.45, 2.75) is 37.8 Å². The van der Waals surface area contributed by atoms with Crippen molar-refractivity contribution in [2.24, 2.45) is 5.10 Å². The number of carbonyl (C=O) groups is 2. The molecule has 0 aliphatic heterocycles. The number of benzene rings is 2. The Labute approximate surface area is 221 Å². The minimum absolute atomic E-state index is 0.0210. The normalized spacial score (nSPS) is 13.1. The number of thiophene rings is 1. The molecule has 4 aromatic rings. The highest BCUT2D eigenvalue weighted by Gasteiger charge is 2.23. The van der Waals surface area contributed by atoms with E-state index in [4.69, 9.17) is 4.98 Å². The van der Waals surface area contributed by atoms with Gasteiger partial charge in [-0.1, -0.05) is 47.7 Å². The zero-order chi connectivity index (χ0) is 25.9. The van der Waals surface area contributed by atoms with Gasteiger partial charge in [-0.3, -0.25) is 14.2 Å². The van der Waals surface area contributed by atoms with Crippen molar-refractivity contribution in [3.05, 3.63) is 86.0 Å². The number of aryl methyl sites for hydroxylation is 3. The molecule has 0 saturated heterocycles. The van der Waals surface area contributed by atoms with Crippen LogP contribution >= 0.6 is 23.1 Å². The maximum atomic E-state index is 13.8. The van der Waals surface area contributed by atoms with E-state index in [2.05, 4.69) is 10.5 Å². The number of fused-ring (bicyclic) bond motifs is 3. The van der Waals surface area contributed by atoms with Crippen LogP contribution in [-0.4, -0.2) is 38.5 Å². The SMILES string of the molecule is Cc1ccc(-n2c(SCC(=O)N/N=C/c3ccccc3C(=O)O)nc3sc4c(c3c2=O)CCCC4)cc1. The first kappa shape index (κ1) is 24.9. The lowest BCUT2D eigenvalue weighted by molar-refractivity contribution is -0.118. The van der Waals surface area contributed by atoms with Gasteiger partial charge >= 0.3 is 5.97 Å². The largest absolute Gasteiger partial charge is 0.478 e. The Morgan fingerprint density at radius 1 is 1.16 bits per heavy atom. The van der Waals surface area contributed by atoms with Crippen LogP contribution in [0.1, 0.15) is 44.8 Å². The average molecular weight is 533 g/mol. The van der Waals surface area contributed by atoms with E-state index in [9.17, 15) is 19.5 Å². The fraction of sp³-hybridized carbons (Fsp3) is 0.222. The third-order valence-corrected chi connectivity index (χ3v) is 8.29. The predicted octanol–water partition coefficient (Wildman–Crippen LogP) is 4.58. The van der Waals surface area contributed by atoms with Crippen LogP contribution in [-0.2, 0) is 17.6 Å². The first-order valence-electron chi connectivity index (χ1n) is 11.8. The Kier molecular flexibility index (Phi) is 7.20. The van der Waals surface area contributed by atoms with Crippen LogP contribution in [0.2, 0.25) is 0 Å². The van der Waals surface area contributed by atoms with Gasteiger partial charge in [-0.15, -0.1) is 11.3 Å². The molecule has 37 heavy (non-hydrogen) atoms. The number of aromatic carboxylic acids is 1. The van der Waals surface area contributed by atoms with Crippen molar-refractivity contribution in [2.75, 3.05) is 5.75 Å². The highest BCUT2D eigenvalue weighted by Crippen LogP contribution is 2.35. The molecule has 0 saturated carbocycles. The quantitative estimate of drug-likeness (QED) is 0.156. The Hall–Kier alpha value is -3.76. The molecule has 1 amide bonds. The first-order chi connectivity index (χ1) is 17.9. The molecule has 0 unspecified atom stereocenters. The van der Waals surface area contributed by atoms with Crippen molar-refractivity contribution in [1.29, 1.82) is 0 Å². The smallest absolute Gasteiger partial charge is 0.336 e. The summed E-state index contributed by atoms with van der Waals surface area (Å²) in [6.45, 7) is 1.98. The lowest BCUT2D eigenvalue weighted by Gasteiger charge is -2.13. The van der Waals surface area contributed by atoms with Crippen molar-refractivity contribution in [3.63, 3.8) is 0 Å². The van der Waals surface area contributed by atoms with Crippen LogP contribution in [0.4, 0.5) is 0 Å². The standard InChI is InChI=1S/C27H24N4O4S2/c1-16-10-12-18(13-11-16)31-25(33)23-20-8-4-5-9-21(20)37-24(23)29-27(31)36-15-22(32)30-28-14-17-6-2-3-7-19(17)26(34)35/h2-3,6-7,10-14H,4-5,8-9,15H2,1H3,(H,30,32)(H,34,35)/b28-14+. The molecule has 0 radical (unpaired) electrons. The minimum Gasteiger partial charge on any atom is -0.478 e. The number of carbonyl (C=O) groups excluding carboxylic acids is 1. The Balaban J connectivity index is 1.42. The van der Waals surface area contributed by atoms with E-state index in [1.807, 2.05) is 31.2 Å². The third kappa shape index (κ3) is 5.21. The fourth-order valence-electron chi connectivity index (χ4n) is 4.35. The molecule has 0 spiro atoms. The summed E-state index contributed by atoms with van der Waals surface area (Å²) in [5, 5.41) is 14.3. The Morgan fingerprint density at radius 2 is 1.92 bits per heavy atom. The van der Waals surface area contributed by atoms with Gasteiger partial charge in [-0.25, -0.2) is 15.2 Å². The number of hydrogen-bond acceptors (Lipinski definition) is 7. The maximum absolute atomic E-state index is 13.8. The van der Waals surface area contributed by atoms with E-state index in [1.165, 1.54) is 17.2 Å². The van der Waals surface area contributed by atoms with Gasteiger partial charge in [0.2, 0.25) is 0 Å². The Morgan fingerprint density at radius 3 is 2.70 bits per heavy atom. The van der Waals surface area contributed by atoms with Gasteiger partial charge in [0.05, 0.1) is 28.6 Å². The van der Waals surface area contributed by atoms with E-state index in [0.717, 1.165) is 48.6 Å². The number of carboxylic acids is 1. The summed E-state index contributed by atoms with van der Waals surface area (Å²) in [6, 6.07) is 14.1. The van der Waals surface area contributed by atoms with Crippen LogP contribution in [0.5, 0.6) is 0 Å². The van der Waals surface area contributed by atoms with Gasteiger partial charge < -0.3 is 5.11 Å². The molecule has 1 aliphatic carbocycles. The van der Waals surface area contributed by atoms with Gasteiger partial charge in [0.1, 0.15) is 4.83 Å². The average Bonchev–Trinajstić information content (AvgIpc) is 3.27.